The number of hydrogen-bond acceptors (Lipinski definition) is 3. The molecule has 0 bridgehead atoms. The second-order valence-corrected chi connectivity index (χ2v) is 5.12. The highest BCUT2D eigenvalue weighted by atomic mass is 127. The molecule has 0 aliphatic heterocycles. The number of nitrogen functional groups attached to an aromatic ring is 1. The molecule has 0 amide bonds. The Morgan fingerprint density at radius 1 is 1.17 bits per heavy atom. The Kier molecular flexibility index (Phi) is 2.83. The van der Waals surface area contributed by atoms with Gasteiger partial charge in [-0.25, -0.2) is 0 Å². The Balaban J connectivity index is 1.95. The van der Waals surface area contributed by atoms with Crippen LogP contribution in [0.25, 0.3) is 11.0 Å². The van der Waals surface area contributed by atoms with E-state index in [1.165, 1.54) is 0 Å². The minimum absolute atomic E-state index is 0.470. The van der Waals surface area contributed by atoms with Gasteiger partial charge in [0.1, 0.15) is 5.75 Å². The maximum Gasteiger partial charge on any atom is 0.300 e. The molecular weight excluding hydrogens is 341 g/mol. The third kappa shape index (κ3) is 2.26. The second-order valence-electron chi connectivity index (χ2n) is 3.88. The van der Waals surface area contributed by atoms with Crippen molar-refractivity contribution < 1.29 is 4.74 Å². The van der Waals surface area contributed by atoms with Crippen molar-refractivity contribution in [2.45, 2.75) is 0 Å². The van der Waals surface area contributed by atoms with Crippen LogP contribution in [0.2, 0.25) is 0 Å². The zero-order valence-electron chi connectivity index (χ0n) is 9.35. The Morgan fingerprint density at radius 3 is 2.89 bits per heavy atom. The third-order valence-electron chi connectivity index (χ3n) is 2.49. The first-order valence-corrected chi connectivity index (χ1v) is 6.47. The lowest BCUT2D eigenvalue weighted by Crippen LogP contribution is -1.86. The molecule has 0 atom stereocenters. The minimum atomic E-state index is 0.470. The van der Waals surface area contributed by atoms with Gasteiger partial charge in [0, 0.05) is 9.26 Å². The molecule has 1 heterocycles. The molecule has 0 aliphatic rings. The normalized spacial score (nSPS) is 10.7. The number of nitrogens with one attached hydrogen (secondary N) is 1. The number of rotatable bonds is 2. The van der Waals surface area contributed by atoms with Gasteiger partial charge < -0.3 is 15.5 Å². The number of halogens is 1. The molecule has 1 aromatic heterocycles. The van der Waals surface area contributed by atoms with Crippen molar-refractivity contribution in [3.05, 3.63) is 46.0 Å². The fourth-order valence-corrected chi connectivity index (χ4v) is 2.21. The summed E-state index contributed by atoms with van der Waals surface area (Å²) in [5.41, 5.74) is 8.13. The van der Waals surface area contributed by atoms with Crippen molar-refractivity contribution >= 4 is 39.3 Å². The lowest BCUT2D eigenvalue weighted by Gasteiger charge is -2.01. The molecule has 0 radical (unpaired) electrons. The van der Waals surface area contributed by atoms with Gasteiger partial charge in [-0.3, -0.25) is 0 Å². The van der Waals surface area contributed by atoms with Crippen LogP contribution in [-0.4, -0.2) is 9.97 Å². The van der Waals surface area contributed by atoms with Crippen molar-refractivity contribution in [2.24, 2.45) is 0 Å². The first-order valence-electron chi connectivity index (χ1n) is 5.39. The van der Waals surface area contributed by atoms with Gasteiger partial charge in [-0.15, -0.1) is 0 Å². The van der Waals surface area contributed by atoms with Crippen LogP contribution in [0.4, 0.5) is 5.69 Å². The molecule has 3 aromatic rings. The molecule has 0 aliphatic carbocycles. The lowest BCUT2D eigenvalue weighted by atomic mass is 10.3. The van der Waals surface area contributed by atoms with Crippen LogP contribution in [0.3, 0.4) is 0 Å². The summed E-state index contributed by atoms with van der Waals surface area (Å²) < 4.78 is 6.79. The fraction of sp³-hybridized carbons (Fsp3) is 0. The average molecular weight is 351 g/mol. The van der Waals surface area contributed by atoms with E-state index in [-0.39, 0.29) is 0 Å². The maximum atomic E-state index is 5.72. The smallest absolute Gasteiger partial charge is 0.300 e. The van der Waals surface area contributed by atoms with Gasteiger partial charge in [-0.2, -0.15) is 4.98 Å². The van der Waals surface area contributed by atoms with Gasteiger partial charge >= 0.3 is 0 Å². The van der Waals surface area contributed by atoms with Crippen LogP contribution in [0.15, 0.2) is 42.5 Å². The van der Waals surface area contributed by atoms with Crippen molar-refractivity contribution in [1.29, 1.82) is 0 Å². The summed E-state index contributed by atoms with van der Waals surface area (Å²) in [4.78, 5) is 7.43. The molecule has 90 valence electrons. The number of benzene rings is 2. The van der Waals surface area contributed by atoms with Gasteiger partial charge in [0.05, 0.1) is 11.0 Å². The second kappa shape index (κ2) is 4.49. The predicted molar refractivity (Wildman–Crippen MR) is 79.7 cm³/mol. The fourth-order valence-electron chi connectivity index (χ4n) is 1.69. The van der Waals surface area contributed by atoms with Crippen LogP contribution < -0.4 is 10.5 Å². The van der Waals surface area contributed by atoms with Gasteiger partial charge in [0.15, 0.2) is 0 Å². The molecule has 0 fully saturated rings. The highest BCUT2D eigenvalue weighted by Gasteiger charge is 2.05. The molecule has 0 unspecified atom stereocenters. The van der Waals surface area contributed by atoms with Gasteiger partial charge in [0.2, 0.25) is 0 Å². The number of aromatic amines is 1. The zero-order valence-corrected chi connectivity index (χ0v) is 11.5. The number of anilines is 1. The monoisotopic (exact) mass is 351 g/mol. The Labute approximate surface area is 117 Å². The Morgan fingerprint density at radius 2 is 2.06 bits per heavy atom. The average Bonchev–Trinajstić information content (AvgIpc) is 2.70. The summed E-state index contributed by atoms with van der Waals surface area (Å²) in [6.45, 7) is 0. The quantitative estimate of drug-likeness (QED) is 0.548. The highest BCUT2D eigenvalue weighted by Crippen LogP contribution is 2.24. The van der Waals surface area contributed by atoms with Gasteiger partial charge in [0.25, 0.3) is 6.01 Å². The Bertz CT molecular complexity index is 708. The zero-order chi connectivity index (χ0) is 12.5. The first kappa shape index (κ1) is 11.3. The van der Waals surface area contributed by atoms with Crippen LogP contribution in [0.1, 0.15) is 0 Å². The number of nitrogens with two attached hydrogens (primary N) is 1. The van der Waals surface area contributed by atoms with E-state index in [1.807, 2.05) is 42.5 Å². The number of aromatic nitrogens is 2. The van der Waals surface area contributed by atoms with Crippen molar-refractivity contribution in [3.63, 3.8) is 0 Å². The highest BCUT2D eigenvalue weighted by molar-refractivity contribution is 14.1. The summed E-state index contributed by atoms with van der Waals surface area (Å²) in [6.07, 6.45) is 0. The molecule has 0 saturated heterocycles. The van der Waals surface area contributed by atoms with E-state index in [0.29, 0.717) is 11.7 Å². The molecule has 3 N–H and O–H groups in total. The summed E-state index contributed by atoms with van der Waals surface area (Å²) in [7, 11) is 0. The Hall–Kier alpha value is -1.76. The summed E-state index contributed by atoms with van der Waals surface area (Å²) in [6, 6.07) is 13.8. The van der Waals surface area contributed by atoms with Crippen molar-refractivity contribution in [1.82, 2.24) is 9.97 Å². The lowest BCUT2D eigenvalue weighted by molar-refractivity contribution is 0.449. The summed E-state index contributed by atoms with van der Waals surface area (Å²) in [5, 5.41) is 0. The van der Waals surface area contributed by atoms with Crippen LogP contribution in [-0.2, 0) is 0 Å². The van der Waals surface area contributed by atoms with Crippen LogP contribution in [0, 0.1) is 3.57 Å². The van der Waals surface area contributed by atoms with Gasteiger partial charge in [-0.05, 0) is 59.0 Å². The molecular formula is C13H10IN3O. The number of nitrogens with zero attached hydrogens (tertiary/aromatic N) is 1. The molecule has 5 heteroatoms. The summed E-state index contributed by atoms with van der Waals surface area (Å²) >= 11 is 2.24. The van der Waals surface area contributed by atoms with Crippen molar-refractivity contribution in [3.8, 4) is 11.8 Å². The maximum absolute atomic E-state index is 5.72. The molecule has 0 saturated carbocycles. The number of imidazole rings is 1. The van der Waals surface area contributed by atoms with E-state index >= 15 is 0 Å². The minimum Gasteiger partial charge on any atom is -0.426 e. The summed E-state index contributed by atoms with van der Waals surface area (Å²) in [5.74, 6) is 0.758. The standard InChI is InChI=1S/C13H10IN3O/c14-8-2-1-3-10(6-8)18-13-16-11-5-4-9(15)7-12(11)17-13/h1-7H,15H2,(H,16,17). The first-order chi connectivity index (χ1) is 8.70. The largest absolute Gasteiger partial charge is 0.426 e. The topological polar surface area (TPSA) is 63.9 Å². The number of hydrogen-bond donors (Lipinski definition) is 2. The molecule has 0 spiro atoms. The van der Waals surface area contributed by atoms with E-state index in [4.69, 9.17) is 10.5 Å². The molecule has 18 heavy (non-hydrogen) atoms. The predicted octanol–water partition coefficient (Wildman–Crippen LogP) is 3.54. The third-order valence-corrected chi connectivity index (χ3v) is 3.17. The van der Waals surface area contributed by atoms with Crippen molar-refractivity contribution in [2.75, 3.05) is 5.73 Å². The number of fused-ring (bicyclic) bond motifs is 1. The van der Waals surface area contributed by atoms with Crippen LogP contribution in [0.5, 0.6) is 11.8 Å². The van der Waals surface area contributed by atoms with E-state index in [0.717, 1.165) is 20.4 Å². The van der Waals surface area contributed by atoms with E-state index in [9.17, 15) is 0 Å². The molecule has 3 rings (SSSR count). The van der Waals surface area contributed by atoms with E-state index < -0.39 is 0 Å². The number of ether oxygens (including phenoxy) is 1. The number of H-pyrrole nitrogens is 1. The van der Waals surface area contributed by atoms with Crippen LogP contribution >= 0.6 is 22.6 Å². The van der Waals surface area contributed by atoms with E-state index in [2.05, 4.69) is 32.6 Å². The molecule has 4 nitrogen and oxygen atoms in total. The van der Waals surface area contributed by atoms with Gasteiger partial charge in [-0.1, -0.05) is 6.07 Å². The van der Waals surface area contributed by atoms with E-state index in [1.54, 1.807) is 0 Å². The molecule has 2 aromatic carbocycles. The SMILES string of the molecule is Nc1ccc2nc(Oc3cccc(I)c3)[nH]c2c1.